The molecule has 1 N–H and O–H groups in total. The minimum absolute atomic E-state index is 0.288. The maximum atomic E-state index is 5.69. The van der Waals surface area contributed by atoms with E-state index >= 15 is 0 Å². The molecule has 0 aliphatic heterocycles. The van der Waals surface area contributed by atoms with Crippen molar-refractivity contribution in [2.75, 3.05) is 13.7 Å². The van der Waals surface area contributed by atoms with Gasteiger partial charge in [-0.25, -0.2) is 0 Å². The van der Waals surface area contributed by atoms with Crippen molar-refractivity contribution in [3.05, 3.63) is 69.8 Å². The Labute approximate surface area is 151 Å². The average Bonchev–Trinajstić information content (AvgIpc) is 2.59. The van der Waals surface area contributed by atoms with Gasteiger partial charge in [-0.2, -0.15) is 0 Å². The molecule has 0 aliphatic carbocycles. The average molecular weight is 423 g/mol. The van der Waals surface area contributed by atoms with Gasteiger partial charge in [0, 0.05) is 12.6 Å². The summed E-state index contributed by atoms with van der Waals surface area (Å²) in [5, 5.41) is 3.54. The van der Waals surface area contributed by atoms with Crippen LogP contribution in [0.3, 0.4) is 0 Å². The molecule has 4 heteroatoms. The quantitative estimate of drug-likeness (QED) is 0.493. The monoisotopic (exact) mass is 423 g/mol. The molecule has 23 heavy (non-hydrogen) atoms. The fourth-order valence-electron chi connectivity index (χ4n) is 2.29. The first kappa shape index (κ1) is 17.8. The third-order valence-corrected chi connectivity index (χ3v) is 4.35. The Morgan fingerprint density at radius 2 is 2.00 bits per heavy atom. The maximum absolute atomic E-state index is 5.69. The lowest BCUT2D eigenvalue weighted by Gasteiger charge is -2.17. The van der Waals surface area contributed by atoms with Crippen molar-refractivity contribution in [1.82, 2.24) is 5.32 Å². The second-order valence-electron chi connectivity index (χ2n) is 5.22. The van der Waals surface area contributed by atoms with Gasteiger partial charge in [-0.15, -0.1) is 0 Å². The standard InChI is InChI=1S/C19H22INO2/c1-4-10-23-19-17(20)11-15(12-18(19)22-3)13-21-14(2)16-8-6-5-7-9-16/h4-9,11-12,14,21H,1,10,13H2,2-3H3. The highest BCUT2D eigenvalue weighted by molar-refractivity contribution is 14.1. The Kier molecular flexibility index (Phi) is 6.92. The molecule has 0 aliphatic rings. The van der Waals surface area contributed by atoms with E-state index in [1.807, 2.05) is 12.1 Å². The van der Waals surface area contributed by atoms with E-state index < -0.39 is 0 Å². The van der Waals surface area contributed by atoms with Crippen molar-refractivity contribution < 1.29 is 9.47 Å². The molecule has 0 spiro atoms. The van der Waals surface area contributed by atoms with Crippen LogP contribution in [-0.2, 0) is 6.54 Å². The third-order valence-electron chi connectivity index (χ3n) is 3.55. The van der Waals surface area contributed by atoms with Crippen LogP contribution in [0, 0.1) is 3.57 Å². The van der Waals surface area contributed by atoms with Gasteiger partial charge in [-0.05, 0) is 52.8 Å². The first-order valence-corrected chi connectivity index (χ1v) is 8.62. The first-order chi connectivity index (χ1) is 11.2. The highest BCUT2D eigenvalue weighted by Crippen LogP contribution is 2.34. The summed E-state index contributed by atoms with van der Waals surface area (Å²) in [6, 6.07) is 14.8. The van der Waals surface area contributed by atoms with Crippen LogP contribution in [0.15, 0.2) is 55.1 Å². The Bertz CT molecular complexity index is 643. The Morgan fingerprint density at radius 3 is 2.65 bits per heavy atom. The molecule has 0 saturated heterocycles. The molecule has 0 fully saturated rings. The van der Waals surface area contributed by atoms with Crippen LogP contribution in [-0.4, -0.2) is 13.7 Å². The van der Waals surface area contributed by atoms with E-state index in [0.717, 1.165) is 21.6 Å². The summed E-state index contributed by atoms with van der Waals surface area (Å²) in [6.45, 7) is 7.08. The van der Waals surface area contributed by atoms with Crippen LogP contribution in [0.2, 0.25) is 0 Å². The van der Waals surface area contributed by atoms with Crippen molar-refractivity contribution in [2.45, 2.75) is 19.5 Å². The predicted molar refractivity (Wildman–Crippen MR) is 103 cm³/mol. The predicted octanol–water partition coefficient (Wildman–Crippen LogP) is 4.72. The molecule has 2 aromatic rings. The molecule has 0 radical (unpaired) electrons. The molecule has 0 bridgehead atoms. The lowest BCUT2D eigenvalue weighted by Crippen LogP contribution is -2.18. The molecule has 1 atom stereocenters. The highest BCUT2D eigenvalue weighted by Gasteiger charge is 2.12. The van der Waals surface area contributed by atoms with E-state index in [-0.39, 0.29) is 6.04 Å². The molecule has 0 amide bonds. The van der Waals surface area contributed by atoms with E-state index in [1.54, 1.807) is 13.2 Å². The smallest absolute Gasteiger partial charge is 0.174 e. The number of nitrogens with one attached hydrogen (secondary N) is 1. The molecule has 2 aromatic carbocycles. The maximum Gasteiger partial charge on any atom is 0.174 e. The molecular formula is C19H22INO2. The number of hydrogen-bond acceptors (Lipinski definition) is 3. The molecule has 1 unspecified atom stereocenters. The summed E-state index contributed by atoms with van der Waals surface area (Å²) in [5.41, 5.74) is 2.44. The number of benzene rings is 2. The minimum Gasteiger partial charge on any atom is -0.493 e. The zero-order chi connectivity index (χ0) is 16.7. The molecule has 3 nitrogen and oxygen atoms in total. The SMILES string of the molecule is C=CCOc1c(I)cc(CNC(C)c2ccccc2)cc1OC. The van der Waals surface area contributed by atoms with Gasteiger partial charge in [0.05, 0.1) is 10.7 Å². The van der Waals surface area contributed by atoms with Gasteiger partial charge in [0.15, 0.2) is 11.5 Å². The minimum atomic E-state index is 0.288. The second kappa shape index (κ2) is 8.93. The molecule has 122 valence electrons. The van der Waals surface area contributed by atoms with Crippen LogP contribution in [0.5, 0.6) is 11.5 Å². The lowest BCUT2D eigenvalue weighted by atomic mass is 10.1. The number of methoxy groups -OCH3 is 1. The van der Waals surface area contributed by atoms with Crippen LogP contribution in [0.25, 0.3) is 0 Å². The van der Waals surface area contributed by atoms with Gasteiger partial charge in [-0.3, -0.25) is 0 Å². The molecule has 2 rings (SSSR count). The number of ether oxygens (including phenoxy) is 2. The van der Waals surface area contributed by atoms with Gasteiger partial charge in [0.2, 0.25) is 0 Å². The zero-order valence-corrected chi connectivity index (χ0v) is 15.7. The largest absolute Gasteiger partial charge is 0.493 e. The van der Waals surface area contributed by atoms with Crippen molar-refractivity contribution >= 4 is 22.6 Å². The summed E-state index contributed by atoms with van der Waals surface area (Å²) < 4.78 is 12.2. The summed E-state index contributed by atoms with van der Waals surface area (Å²) in [6.07, 6.45) is 1.73. The van der Waals surface area contributed by atoms with Crippen molar-refractivity contribution in [3.63, 3.8) is 0 Å². The fraction of sp³-hybridized carbons (Fsp3) is 0.263. The van der Waals surface area contributed by atoms with Crippen LogP contribution in [0.4, 0.5) is 0 Å². The third kappa shape index (κ3) is 4.97. The van der Waals surface area contributed by atoms with E-state index in [0.29, 0.717) is 6.61 Å². The van der Waals surface area contributed by atoms with Crippen molar-refractivity contribution in [1.29, 1.82) is 0 Å². The Morgan fingerprint density at radius 1 is 1.26 bits per heavy atom. The highest BCUT2D eigenvalue weighted by atomic mass is 127. The second-order valence-corrected chi connectivity index (χ2v) is 6.38. The number of hydrogen-bond donors (Lipinski definition) is 1. The Balaban J connectivity index is 2.08. The summed E-state index contributed by atoms with van der Waals surface area (Å²) in [5.74, 6) is 1.52. The number of halogens is 1. The van der Waals surface area contributed by atoms with Gasteiger partial charge < -0.3 is 14.8 Å². The molecular weight excluding hydrogens is 401 g/mol. The van der Waals surface area contributed by atoms with Crippen LogP contribution < -0.4 is 14.8 Å². The van der Waals surface area contributed by atoms with E-state index in [2.05, 4.69) is 71.7 Å². The molecule has 0 heterocycles. The van der Waals surface area contributed by atoms with Gasteiger partial charge >= 0.3 is 0 Å². The van der Waals surface area contributed by atoms with Gasteiger partial charge in [0.25, 0.3) is 0 Å². The van der Waals surface area contributed by atoms with Crippen molar-refractivity contribution in [3.8, 4) is 11.5 Å². The van der Waals surface area contributed by atoms with E-state index in [1.165, 1.54) is 11.1 Å². The van der Waals surface area contributed by atoms with Crippen LogP contribution >= 0.6 is 22.6 Å². The zero-order valence-electron chi connectivity index (χ0n) is 13.5. The van der Waals surface area contributed by atoms with Gasteiger partial charge in [0.1, 0.15) is 6.61 Å². The van der Waals surface area contributed by atoms with E-state index in [9.17, 15) is 0 Å². The number of rotatable bonds is 8. The summed E-state index contributed by atoms with van der Waals surface area (Å²) in [4.78, 5) is 0. The molecule has 0 aromatic heterocycles. The van der Waals surface area contributed by atoms with E-state index in [4.69, 9.17) is 9.47 Å². The normalized spacial score (nSPS) is 11.8. The molecule has 0 saturated carbocycles. The lowest BCUT2D eigenvalue weighted by molar-refractivity contribution is 0.324. The first-order valence-electron chi connectivity index (χ1n) is 7.54. The van der Waals surface area contributed by atoms with Crippen LogP contribution in [0.1, 0.15) is 24.1 Å². The van der Waals surface area contributed by atoms with Gasteiger partial charge in [-0.1, -0.05) is 43.0 Å². The Hall–Kier alpha value is -1.53. The fourth-order valence-corrected chi connectivity index (χ4v) is 3.11. The summed E-state index contributed by atoms with van der Waals surface area (Å²) in [7, 11) is 1.66. The topological polar surface area (TPSA) is 30.5 Å². The van der Waals surface area contributed by atoms with Crippen molar-refractivity contribution in [2.24, 2.45) is 0 Å². The summed E-state index contributed by atoms with van der Waals surface area (Å²) >= 11 is 2.28.